The molecule has 0 aliphatic carbocycles. The number of carbonyl (C=O) groups excluding carboxylic acids is 1. The number of carbonyl (C=O) groups is 1. The number of hydrogen-bond donors (Lipinski definition) is 1. The summed E-state index contributed by atoms with van der Waals surface area (Å²) < 4.78 is 27.2. The molecule has 1 saturated heterocycles. The summed E-state index contributed by atoms with van der Waals surface area (Å²) in [7, 11) is -3.48. The average Bonchev–Trinajstić information content (AvgIpc) is 2.95. The maximum Gasteiger partial charge on any atom is 0.252 e. The van der Waals surface area contributed by atoms with Gasteiger partial charge in [0.15, 0.2) is 0 Å². The Morgan fingerprint density at radius 1 is 1.33 bits per heavy atom. The first-order valence-electron chi connectivity index (χ1n) is 8.10. The summed E-state index contributed by atoms with van der Waals surface area (Å²) >= 11 is 6.90. The highest BCUT2D eigenvalue weighted by molar-refractivity contribution is 7.91. The molecule has 1 amide bonds. The van der Waals surface area contributed by atoms with Gasteiger partial charge in [-0.1, -0.05) is 24.9 Å². The van der Waals surface area contributed by atoms with Gasteiger partial charge in [0, 0.05) is 32.2 Å². The summed E-state index contributed by atoms with van der Waals surface area (Å²) in [6, 6.07) is 3.31. The number of piperazine rings is 1. The van der Waals surface area contributed by atoms with Crippen LogP contribution in [0.5, 0.6) is 0 Å². The van der Waals surface area contributed by atoms with Crippen LogP contribution >= 0.6 is 22.9 Å². The molecule has 0 saturated carbocycles. The Bertz CT molecular complexity index is 655. The SMILES string of the molecule is CCC[C@H](C)NC(=O)CN1CCN(S(=O)(=O)c2ccc(Cl)s2)CC1. The summed E-state index contributed by atoms with van der Waals surface area (Å²) in [5, 5.41) is 2.97. The zero-order chi connectivity index (χ0) is 17.7. The molecule has 9 heteroatoms. The average molecular weight is 394 g/mol. The van der Waals surface area contributed by atoms with Gasteiger partial charge in [0.25, 0.3) is 10.0 Å². The number of hydrogen-bond acceptors (Lipinski definition) is 5. The first kappa shape index (κ1) is 19.7. The van der Waals surface area contributed by atoms with Gasteiger partial charge >= 0.3 is 0 Å². The van der Waals surface area contributed by atoms with Gasteiger partial charge in [-0.2, -0.15) is 4.31 Å². The second-order valence-electron chi connectivity index (χ2n) is 6.00. The van der Waals surface area contributed by atoms with Crippen LogP contribution < -0.4 is 5.32 Å². The Hall–Kier alpha value is -0.670. The molecule has 2 heterocycles. The van der Waals surface area contributed by atoms with E-state index in [2.05, 4.69) is 12.2 Å². The molecular formula is C15H24ClN3O3S2. The maximum absolute atomic E-state index is 12.5. The van der Waals surface area contributed by atoms with Crippen LogP contribution in [0.1, 0.15) is 26.7 Å². The molecule has 1 aliphatic heterocycles. The number of rotatable bonds is 7. The molecule has 1 aliphatic rings. The van der Waals surface area contributed by atoms with Crippen molar-refractivity contribution in [2.75, 3.05) is 32.7 Å². The van der Waals surface area contributed by atoms with E-state index in [-0.39, 0.29) is 16.2 Å². The summed E-state index contributed by atoms with van der Waals surface area (Å²) in [6.45, 7) is 6.26. The van der Waals surface area contributed by atoms with E-state index in [4.69, 9.17) is 11.6 Å². The minimum Gasteiger partial charge on any atom is -0.353 e. The molecule has 0 aromatic carbocycles. The second-order valence-corrected chi connectivity index (χ2v) is 9.88. The molecule has 1 fully saturated rings. The van der Waals surface area contributed by atoms with Crippen LogP contribution in [0.15, 0.2) is 16.3 Å². The normalized spacial score (nSPS) is 18.5. The van der Waals surface area contributed by atoms with Crippen molar-refractivity contribution in [1.29, 1.82) is 0 Å². The second kappa shape index (κ2) is 8.62. The van der Waals surface area contributed by atoms with Gasteiger partial charge in [0.05, 0.1) is 10.9 Å². The summed E-state index contributed by atoms with van der Waals surface area (Å²) in [4.78, 5) is 14.0. The molecule has 136 valence electrons. The highest BCUT2D eigenvalue weighted by Crippen LogP contribution is 2.28. The Kier molecular flexibility index (Phi) is 7.06. The summed E-state index contributed by atoms with van der Waals surface area (Å²) in [5.74, 6) is -0.00250. The van der Waals surface area contributed by atoms with Gasteiger partial charge in [-0.25, -0.2) is 8.42 Å². The van der Waals surface area contributed by atoms with Crippen LogP contribution in [0.3, 0.4) is 0 Å². The van der Waals surface area contributed by atoms with E-state index in [1.807, 2.05) is 11.8 Å². The van der Waals surface area contributed by atoms with Gasteiger partial charge in [-0.3, -0.25) is 9.69 Å². The predicted octanol–water partition coefficient (Wildman–Crippen LogP) is 2.01. The zero-order valence-electron chi connectivity index (χ0n) is 14.0. The number of nitrogens with zero attached hydrogens (tertiary/aromatic N) is 2. The first-order valence-corrected chi connectivity index (χ1v) is 10.7. The minimum atomic E-state index is -3.48. The highest BCUT2D eigenvalue weighted by Gasteiger charge is 2.30. The lowest BCUT2D eigenvalue weighted by molar-refractivity contribution is -0.123. The molecule has 6 nitrogen and oxygen atoms in total. The Labute approximate surface area is 152 Å². The lowest BCUT2D eigenvalue weighted by Crippen LogP contribution is -2.51. The van der Waals surface area contributed by atoms with Crippen molar-refractivity contribution >= 4 is 38.9 Å². The summed E-state index contributed by atoms with van der Waals surface area (Å²) in [5.41, 5.74) is 0. The van der Waals surface area contributed by atoms with Crippen LogP contribution in [-0.4, -0.2) is 62.3 Å². The fraction of sp³-hybridized carbons (Fsp3) is 0.667. The molecule has 2 rings (SSSR count). The Balaban J connectivity index is 1.84. The topological polar surface area (TPSA) is 69.7 Å². The maximum atomic E-state index is 12.5. The van der Waals surface area contributed by atoms with Crippen molar-refractivity contribution in [1.82, 2.24) is 14.5 Å². The van der Waals surface area contributed by atoms with E-state index < -0.39 is 10.0 Å². The lowest BCUT2D eigenvalue weighted by atomic mass is 10.2. The number of halogens is 1. The molecule has 1 aromatic heterocycles. The smallest absolute Gasteiger partial charge is 0.252 e. The standard InChI is InChI=1S/C15H24ClN3O3S2/c1-3-4-12(2)17-14(20)11-18-7-9-19(10-8-18)24(21,22)15-6-5-13(16)23-15/h5-6,12H,3-4,7-11H2,1-2H3,(H,17,20)/t12-/m0/s1. The van der Waals surface area contributed by atoms with Gasteiger partial charge in [-0.15, -0.1) is 11.3 Å². The largest absolute Gasteiger partial charge is 0.353 e. The third kappa shape index (κ3) is 5.16. The summed E-state index contributed by atoms with van der Waals surface area (Å²) in [6.07, 6.45) is 1.99. The first-order chi connectivity index (χ1) is 11.3. The molecule has 1 atom stereocenters. The molecule has 0 spiro atoms. The van der Waals surface area contributed by atoms with Gasteiger partial charge < -0.3 is 5.32 Å². The van der Waals surface area contributed by atoms with Crippen molar-refractivity contribution < 1.29 is 13.2 Å². The van der Waals surface area contributed by atoms with Crippen molar-refractivity contribution in [2.45, 2.75) is 36.9 Å². The van der Waals surface area contributed by atoms with Gasteiger partial charge in [0.2, 0.25) is 5.91 Å². The van der Waals surface area contributed by atoms with Crippen molar-refractivity contribution in [3.8, 4) is 0 Å². The van der Waals surface area contributed by atoms with Crippen LogP contribution in [-0.2, 0) is 14.8 Å². The van der Waals surface area contributed by atoms with E-state index >= 15 is 0 Å². The molecule has 1 N–H and O–H groups in total. The van der Waals surface area contributed by atoms with Gasteiger partial charge in [0.1, 0.15) is 4.21 Å². The van der Waals surface area contributed by atoms with Crippen LogP contribution in [0.4, 0.5) is 0 Å². The van der Waals surface area contributed by atoms with E-state index in [9.17, 15) is 13.2 Å². The van der Waals surface area contributed by atoms with Crippen LogP contribution in [0, 0.1) is 0 Å². The predicted molar refractivity (Wildman–Crippen MR) is 97.0 cm³/mol. The molecule has 24 heavy (non-hydrogen) atoms. The number of thiophene rings is 1. The highest BCUT2D eigenvalue weighted by atomic mass is 35.5. The third-order valence-electron chi connectivity index (χ3n) is 3.97. The molecular weight excluding hydrogens is 370 g/mol. The minimum absolute atomic E-state index is 0.00250. The number of nitrogens with one attached hydrogen (secondary N) is 1. The fourth-order valence-electron chi connectivity index (χ4n) is 2.72. The van der Waals surface area contributed by atoms with Crippen LogP contribution in [0.25, 0.3) is 0 Å². The Morgan fingerprint density at radius 3 is 2.54 bits per heavy atom. The van der Waals surface area contributed by atoms with E-state index in [1.54, 1.807) is 6.07 Å². The quantitative estimate of drug-likeness (QED) is 0.769. The van der Waals surface area contributed by atoms with Crippen molar-refractivity contribution in [3.63, 3.8) is 0 Å². The van der Waals surface area contributed by atoms with Crippen molar-refractivity contribution in [2.24, 2.45) is 0 Å². The molecule has 0 unspecified atom stereocenters. The van der Waals surface area contributed by atoms with E-state index in [0.717, 1.165) is 24.2 Å². The monoisotopic (exact) mass is 393 g/mol. The number of sulfonamides is 1. The molecule has 0 bridgehead atoms. The lowest BCUT2D eigenvalue weighted by Gasteiger charge is -2.33. The zero-order valence-corrected chi connectivity index (χ0v) is 16.4. The van der Waals surface area contributed by atoms with Gasteiger partial charge in [-0.05, 0) is 25.5 Å². The van der Waals surface area contributed by atoms with Crippen molar-refractivity contribution in [3.05, 3.63) is 16.5 Å². The third-order valence-corrected chi connectivity index (χ3v) is 7.57. The number of amides is 1. The molecule has 1 aromatic rings. The molecule has 0 radical (unpaired) electrons. The van der Waals surface area contributed by atoms with E-state index in [1.165, 1.54) is 10.4 Å². The van der Waals surface area contributed by atoms with Crippen LogP contribution in [0.2, 0.25) is 4.34 Å². The Morgan fingerprint density at radius 2 is 2.00 bits per heavy atom. The van der Waals surface area contributed by atoms with E-state index in [0.29, 0.717) is 37.1 Å². The fourth-order valence-corrected chi connectivity index (χ4v) is 5.78.